The van der Waals surface area contributed by atoms with Gasteiger partial charge in [-0.05, 0) is 39.7 Å². The van der Waals surface area contributed by atoms with Crippen LogP contribution in [0.3, 0.4) is 0 Å². The fraction of sp³-hybridized carbons (Fsp3) is 0.556. The lowest BCUT2D eigenvalue weighted by molar-refractivity contribution is 0.759. The molecule has 1 atom stereocenters. The minimum absolute atomic E-state index is 0.620. The Bertz CT molecular complexity index is 250. The molecule has 13 heavy (non-hydrogen) atoms. The quantitative estimate of drug-likeness (QED) is 0.715. The third kappa shape index (κ3) is 4.73. The summed E-state index contributed by atoms with van der Waals surface area (Å²) in [5, 5.41) is 0. The third-order valence-electron chi connectivity index (χ3n) is 1.54. The summed E-state index contributed by atoms with van der Waals surface area (Å²) >= 11 is 12.9. The summed E-state index contributed by atoms with van der Waals surface area (Å²) in [4.78, 5) is 1.43. The molecule has 0 nitrogen and oxygen atoms in total. The first-order chi connectivity index (χ1) is 6.22. The van der Waals surface area contributed by atoms with Gasteiger partial charge < -0.3 is 0 Å². The minimum Gasteiger partial charge on any atom is -0.156 e. The van der Waals surface area contributed by atoms with Gasteiger partial charge in [0.05, 0.1) is 3.79 Å². The largest absolute Gasteiger partial charge is 0.156 e. The van der Waals surface area contributed by atoms with E-state index in [9.17, 15) is 0 Å². The second-order valence-electron chi connectivity index (χ2n) is 2.98. The first-order valence-corrected chi connectivity index (χ1v) is 7.40. The van der Waals surface area contributed by atoms with Crippen LogP contribution in [0.4, 0.5) is 0 Å². The van der Waals surface area contributed by atoms with Gasteiger partial charge in [-0.25, -0.2) is 0 Å². The molecule has 4 heteroatoms. The molecule has 0 aromatic carbocycles. The lowest BCUT2D eigenvalue weighted by Crippen LogP contribution is -1.98. The second-order valence-corrected chi connectivity index (χ2v) is 6.87. The van der Waals surface area contributed by atoms with Crippen LogP contribution in [0.5, 0.6) is 0 Å². The van der Waals surface area contributed by atoms with E-state index in [0.29, 0.717) is 5.92 Å². The molecule has 0 saturated carbocycles. The van der Waals surface area contributed by atoms with Crippen molar-refractivity contribution >= 4 is 50.6 Å². The SMILES string of the molecule is CC(CCl)CSCc1ccc(Br)s1. The van der Waals surface area contributed by atoms with Crippen molar-refractivity contribution in [2.45, 2.75) is 12.7 Å². The average molecular weight is 300 g/mol. The maximum Gasteiger partial charge on any atom is 0.0701 e. The topological polar surface area (TPSA) is 0 Å². The van der Waals surface area contributed by atoms with Crippen molar-refractivity contribution in [1.82, 2.24) is 0 Å². The van der Waals surface area contributed by atoms with E-state index < -0.39 is 0 Å². The van der Waals surface area contributed by atoms with Crippen LogP contribution >= 0.6 is 50.6 Å². The maximum atomic E-state index is 5.72. The monoisotopic (exact) mass is 298 g/mol. The summed E-state index contributed by atoms with van der Waals surface area (Å²) in [5.74, 6) is 3.65. The fourth-order valence-corrected chi connectivity index (χ4v) is 3.77. The first kappa shape index (κ1) is 11.9. The Morgan fingerprint density at radius 2 is 2.38 bits per heavy atom. The summed E-state index contributed by atoms with van der Waals surface area (Å²) in [6, 6.07) is 4.28. The summed E-state index contributed by atoms with van der Waals surface area (Å²) in [6.45, 7) is 2.18. The van der Waals surface area contributed by atoms with E-state index in [2.05, 4.69) is 35.0 Å². The summed E-state index contributed by atoms with van der Waals surface area (Å²) in [6.07, 6.45) is 0. The van der Waals surface area contributed by atoms with Crippen molar-refractivity contribution in [2.24, 2.45) is 5.92 Å². The van der Waals surface area contributed by atoms with Crippen LogP contribution in [0.2, 0.25) is 0 Å². The molecule has 0 N–H and O–H groups in total. The molecule has 0 aliphatic carbocycles. The van der Waals surface area contributed by atoms with Gasteiger partial charge in [-0.3, -0.25) is 0 Å². The Labute approximate surface area is 101 Å². The van der Waals surface area contributed by atoms with Crippen molar-refractivity contribution in [3.05, 3.63) is 20.8 Å². The van der Waals surface area contributed by atoms with Crippen molar-refractivity contribution in [3.63, 3.8) is 0 Å². The van der Waals surface area contributed by atoms with Crippen LogP contribution < -0.4 is 0 Å². The molecule has 0 bridgehead atoms. The van der Waals surface area contributed by atoms with Crippen LogP contribution in [0.1, 0.15) is 11.8 Å². The molecular weight excluding hydrogens is 288 g/mol. The Morgan fingerprint density at radius 3 is 2.92 bits per heavy atom. The third-order valence-corrected chi connectivity index (χ3v) is 5.19. The van der Waals surface area contributed by atoms with E-state index in [1.54, 1.807) is 0 Å². The highest BCUT2D eigenvalue weighted by molar-refractivity contribution is 9.11. The van der Waals surface area contributed by atoms with Crippen LogP contribution in [0.25, 0.3) is 0 Å². The van der Waals surface area contributed by atoms with E-state index in [1.807, 2.05) is 23.1 Å². The molecule has 1 aromatic rings. The number of halogens is 2. The van der Waals surface area contributed by atoms with Gasteiger partial charge >= 0.3 is 0 Å². The highest BCUT2D eigenvalue weighted by Gasteiger charge is 2.01. The molecule has 1 unspecified atom stereocenters. The molecule has 74 valence electrons. The molecular formula is C9H12BrClS2. The summed E-state index contributed by atoms with van der Waals surface area (Å²) in [7, 11) is 0. The van der Waals surface area contributed by atoms with Crippen molar-refractivity contribution in [1.29, 1.82) is 0 Å². The lowest BCUT2D eigenvalue weighted by Gasteiger charge is -2.04. The number of hydrogen-bond acceptors (Lipinski definition) is 2. The van der Waals surface area contributed by atoms with Gasteiger partial charge in [0.15, 0.2) is 0 Å². The molecule has 0 amide bonds. The normalized spacial score (nSPS) is 13.2. The predicted octanol–water partition coefficient (Wildman–Crippen LogP) is 4.62. The zero-order valence-corrected chi connectivity index (χ0v) is 11.4. The van der Waals surface area contributed by atoms with Crippen LogP contribution in [-0.4, -0.2) is 11.6 Å². The van der Waals surface area contributed by atoms with E-state index in [4.69, 9.17) is 11.6 Å². The molecule has 0 fully saturated rings. The number of alkyl halides is 1. The lowest BCUT2D eigenvalue weighted by atomic mass is 10.3. The highest BCUT2D eigenvalue weighted by atomic mass is 79.9. The van der Waals surface area contributed by atoms with Crippen molar-refractivity contribution in [3.8, 4) is 0 Å². The second kappa shape index (κ2) is 6.33. The Morgan fingerprint density at radius 1 is 1.62 bits per heavy atom. The zero-order valence-electron chi connectivity index (χ0n) is 7.43. The van der Waals surface area contributed by atoms with Gasteiger partial charge in [-0.1, -0.05) is 6.92 Å². The van der Waals surface area contributed by atoms with E-state index in [1.165, 1.54) is 8.66 Å². The van der Waals surface area contributed by atoms with Gasteiger partial charge in [-0.15, -0.1) is 22.9 Å². The smallest absolute Gasteiger partial charge is 0.0701 e. The first-order valence-electron chi connectivity index (χ1n) is 4.10. The van der Waals surface area contributed by atoms with E-state index >= 15 is 0 Å². The zero-order chi connectivity index (χ0) is 9.68. The van der Waals surface area contributed by atoms with Gasteiger partial charge in [0, 0.05) is 16.5 Å². The molecule has 0 spiro atoms. The molecule has 0 radical (unpaired) electrons. The van der Waals surface area contributed by atoms with Crippen LogP contribution in [-0.2, 0) is 5.75 Å². The number of hydrogen-bond donors (Lipinski definition) is 0. The molecule has 0 aliphatic rings. The summed E-state index contributed by atoms with van der Waals surface area (Å²) < 4.78 is 1.22. The Kier molecular flexibility index (Phi) is 5.79. The number of rotatable bonds is 5. The van der Waals surface area contributed by atoms with Crippen LogP contribution in [0, 0.1) is 5.92 Å². The minimum atomic E-state index is 0.620. The standard InChI is InChI=1S/C9H12BrClS2/c1-7(4-11)5-12-6-8-2-3-9(10)13-8/h2-3,7H,4-6H2,1H3. The van der Waals surface area contributed by atoms with E-state index in [0.717, 1.165) is 17.4 Å². The molecule has 1 rings (SSSR count). The maximum absolute atomic E-state index is 5.72. The predicted molar refractivity (Wildman–Crippen MR) is 68.1 cm³/mol. The molecule has 0 saturated heterocycles. The van der Waals surface area contributed by atoms with Gasteiger partial charge in [0.2, 0.25) is 0 Å². The number of thiophene rings is 1. The van der Waals surface area contributed by atoms with Crippen molar-refractivity contribution in [2.75, 3.05) is 11.6 Å². The van der Waals surface area contributed by atoms with Gasteiger partial charge in [0.1, 0.15) is 0 Å². The summed E-state index contributed by atoms with van der Waals surface area (Å²) in [5.41, 5.74) is 0. The number of thioether (sulfide) groups is 1. The molecule has 1 aromatic heterocycles. The van der Waals surface area contributed by atoms with Crippen molar-refractivity contribution < 1.29 is 0 Å². The highest BCUT2D eigenvalue weighted by Crippen LogP contribution is 2.26. The van der Waals surface area contributed by atoms with E-state index in [-0.39, 0.29) is 0 Å². The van der Waals surface area contributed by atoms with Crippen LogP contribution in [0.15, 0.2) is 15.9 Å². The van der Waals surface area contributed by atoms with Gasteiger partial charge in [0.25, 0.3) is 0 Å². The Hall–Kier alpha value is 0.820. The van der Waals surface area contributed by atoms with Gasteiger partial charge in [-0.2, -0.15) is 11.8 Å². The molecule has 1 heterocycles. The molecule has 0 aliphatic heterocycles. The Balaban J connectivity index is 2.20. The average Bonchev–Trinajstić information content (AvgIpc) is 2.51. The fourth-order valence-electron chi connectivity index (χ4n) is 0.835.